The molecular formula is C17H32N2O2. The smallest absolute Gasteiger partial charge is 0.227 e. The number of carbonyl (C=O) groups excluding carboxylic acids is 1. The standard InChI is InChI=1S/C17H32N2O2/c1-17(2,13-21-3)16(20)18-11-14-7-6-10-19(12-14)15-8-4-5-9-15/h14-15H,4-13H2,1-3H3,(H,18,20)/t14-/m1/s1. The van der Waals surface area contributed by atoms with Gasteiger partial charge in [-0.15, -0.1) is 0 Å². The van der Waals surface area contributed by atoms with Gasteiger partial charge in [0.05, 0.1) is 12.0 Å². The van der Waals surface area contributed by atoms with Crippen molar-refractivity contribution in [2.24, 2.45) is 11.3 Å². The Morgan fingerprint density at radius 2 is 1.95 bits per heavy atom. The maximum Gasteiger partial charge on any atom is 0.227 e. The highest BCUT2D eigenvalue weighted by molar-refractivity contribution is 5.81. The van der Waals surface area contributed by atoms with E-state index >= 15 is 0 Å². The Kier molecular flexibility index (Phi) is 6.06. The monoisotopic (exact) mass is 296 g/mol. The van der Waals surface area contributed by atoms with Crippen LogP contribution in [0.15, 0.2) is 0 Å². The molecule has 0 unspecified atom stereocenters. The van der Waals surface area contributed by atoms with E-state index < -0.39 is 5.41 Å². The molecule has 2 rings (SSSR count). The number of rotatable bonds is 6. The van der Waals surface area contributed by atoms with Gasteiger partial charge in [0, 0.05) is 26.2 Å². The highest BCUT2D eigenvalue weighted by atomic mass is 16.5. The summed E-state index contributed by atoms with van der Waals surface area (Å²) < 4.78 is 5.14. The van der Waals surface area contributed by atoms with Crippen LogP contribution in [0.4, 0.5) is 0 Å². The zero-order valence-corrected chi connectivity index (χ0v) is 14.0. The minimum atomic E-state index is -0.436. The van der Waals surface area contributed by atoms with E-state index in [1.54, 1.807) is 7.11 Å². The average molecular weight is 296 g/mol. The van der Waals surface area contributed by atoms with Crippen molar-refractivity contribution < 1.29 is 9.53 Å². The van der Waals surface area contributed by atoms with Crippen molar-refractivity contribution in [3.63, 3.8) is 0 Å². The summed E-state index contributed by atoms with van der Waals surface area (Å²) in [5.41, 5.74) is -0.436. The van der Waals surface area contributed by atoms with Crippen LogP contribution in [0.5, 0.6) is 0 Å². The molecule has 122 valence electrons. The summed E-state index contributed by atoms with van der Waals surface area (Å²) in [6, 6.07) is 0.813. The molecule has 0 bridgehead atoms. The minimum absolute atomic E-state index is 0.113. The van der Waals surface area contributed by atoms with Crippen LogP contribution >= 0.6 is 0 Å². The Labute approximate surface area is 129 Å². The zero-order valence-electron chi connectivity index (χ0n) is 14.0. The van der Waals surface area contributed by atoms with Crippen LogP contribution in [0.1, 0.15) is 52.4 Å². The number of carbonyl (C=O) groups is 1. The number of hydrogen-bond acceptors (Lipinski definition) is 3. The second-order valence-corrected chi connectivity index (χ2v) is 7.47. The van der Waals surface area contributed by atoms with E-state index in [9.17, 15) is 4.79 Å². The maximum absolute atomic E-state index is 12.2. The lowest BCUT2D eigenvalue weighted by molar-refractivity contribution is -0.132. The van der Waals surface area contributed by atoms with E-state index in [-0.39, 0.29) is 5.91 Å². The van der Waals surface area contributed by atoms with Gasteiger partial charge in [-0.25, -0.2) is 0 Å². The third kappa shape index (κ3) is 4.68. The first kappa shape index (κ1) is 16.8. The molecule has 4 nitrogen and oxygen atoms in total. The summed E-state index contributed by atoms with van der Waals surface area (Å²) in [6.07, 6.45) is 8.06. The van der Waals surface area contributed by atoms with Gasteiger partial charge in [-0.2, -0.15) is 0 Å². The summed E-state index contributed by atoms with van der Waals surface area (Å²) in [4.78, 5) is 14.9. The number of nitrogens with zero attached hydrogens (tertiary/aromatic N) is 1. The highest BCUT2D eigenvalue weighted by Crippen LogP contribution is 2.27. The van der Waals surface area contributed by atoms with Crippen molar-refractivity contribution in [2.45, 2.75) is 58.4 Å². The molecule has 21 heavy (non-hydrogen) atoms. The lowest BCUT2D eigenvalue weighted by Crippen LogP contribution is -2.47. The van der Waals surface area contributed by atoms with Crippen molar-refractivity contribution in [2.75, 3.05) is 33.4 Å². The third-order valence-electron chi connectivity index (χ3n) is 5.06. The fourth-order valence-electron chi connectivity index (χ4n) is 3.77. The van der Waals surface area contributed by atoms with E-state index in [0.29, 0.717) is 12.5 Å². The Morgan fingerprint density at radius 1 is 1.24 bits per heavy atom. The van der Waals surface area contributed by atoms with Crippen molar-refractivity contribution in [3.8, 4) is 0 Å². The molecule has 1 heterocycles. The molecule has 1 saturated heterocycles. The Morgan fingerprint density at radius 3 is 2.62 bits per heavy atom. The summed E-state index contributed by atoms with van der Waals surface area (Å²) in [6.45, 7) is 7.59. The number of amides is 1. The molecule has 0 aromatic heterocycles. The quantitative estimate of drug-likeness (QED) is 0.818. The van der Waals surface area contributed by atoms with Crippen LogP contribution in [0.2, 0.25) is 0 Å². The van der Waals surface area contributed by atoms with Gasteiger partial charge in [-0.3, -0.25) is 4.79 Å². The number of hydrogen-bond donors (Lipinski definition) is 1. The van der Waals surface area contributed by atoms with E-state index in [0.717, 1.165) is 19.1 Å². The molecule has 1 aliphatic heterocycles. The number of likely N-dealkylation sites (tertiary alicyclic amines) is 1. The lowest BCUT2D eigenvalue weighted by atomic mass is 9.92. The predicted molar refractivity (Wildman–Crippen MR) is 85.2 cm³/mol. The van der Waals surface area contributed by atoms with Gasteiger partial charge in [0.1, 0.15) is 0 Å². The van der Waals surface area contributed by atoms with Crippen molar-refractivity contribution in [3.05, 3.63) is 0 Å². The lowest BCUT2D eigenvalue weighted by Gasteiger charge is -2.37. The van der Waals surface area contributed by atoms with Crippen LogP contribution in [-0.2, 0) is 9.53 Å². The minimum Gasteiger partial charge on any atom is -0.384 e. The molecule has 1 aliphatic carbocycles. The van der Waals surface area contributed by atoms with Crippen LogP contribution < -0.4 is 5.32 Å². The van der Waals surface area contributed by atoms with Gasteiger partial charge in [0.15, 0.2) is 0 Å². The van der Waals surface area contributed by atoms with Gasteiger partial charge < -0.3 is 15.0 Å². The zero-order chi connectivity index (χ0) is 15.3. The molecule has 0 radical (unpaired) electrons. The SMILES string of the molecule is COCC(C)(C)C(=O)NC[C@H]1CCCN(C2CCCC2)C1. The second kappa shape index (κ2) is 7.59. The molecule has 1 saturated carbocycles. The molecule has 0 spiro atoms. The van der Waals surface area contributed by atoms with Crippen molar-refractivity contribution in [1.82, 2.24) is 10.2 Å². The molecule has 1 N–H and O–H groups in total. The first-order chi connectivity index (χ1) is 10.0. The molecule has 4 heteroatoms. The van der Waals surface area contributed by atoms with Crippen LogP contribution in [0.25, 0.3) is 0 Å². The van der Waals surface area contributed by atoms with Gasteiger partial charge in [-0.05, 0) is 52.0 Å². The third-order valence-corrected chi connectivity index (χ3v) is 5.06. The van der Waals surface area contributed by atoms with E-state index in [2.05, 4.69) is 10.2 Å². The highest BCUT2D eigenvalue weighted by Gasteiger charge is 2.30. The number of piperidine rings is 1. The Hall–Kier alpha value is -0.610. The molecule has 0 aromatic rings. The first-order valence-electron chi connectivity index (χ1n) is 8.54. The van der Waals surface area contributed by atoms with Gasteiger partial charge in [-0.1, -0.05) is 12.8 Å². The van der Waals surface area contributed by atoms with Crippen LogP contribution in [0, 0.1) is 11.3 Å². The molecule has 1 atom stereocenters. The number of nitrogens with one attached hydrogen (secondary N) is 1. The van der Waals surface area contributed by atoms with Crippen molar-refractivity contribution >= 4 is 5.91 Å². The van der Waals surface area contributed by atoms with Gasteiger partial charge >= 0.3 is 0 Å². The molecule has 2 aliphatic rings. The Balaban J connectivity index is 1.76. The predicted octanol–water partition coefficient (Wildman–Crippen LogP) is 2.43. The first-order valence-corrected chi connectivity index (χ1v) is 8.54. The summed E-state index contributed by atoms with van der Waals surface area (Å²) in [5, 5.41) is 3.14. The molecule has 2 fully saturated rings. The largest absolute Gasteiger partial charge is 0.384 e. The van der Waals surface area contributed by atoms with Gasteiger partial charge in [0.2, 0.25) is 5.91 Å². The molecule has 0 aromatic carbocycles. The summed E-state index contributed by atoms with van der Waals surface area (Å²) >= 11 is 0. The van der Waals surface area contributed by atoms with Crippen molar-refractivity contribution in [1.29, 1.82) is 0 Å². The fraction of sp³-hybridized carbons (Fsp3) is 0.941. The van der Waals surface area contributed by atoms with E-state index in [4.69, 9.17) is 4.74 Å². The van der Waals surface area contributed by atoms with Crippen LogP contribution in [0.3, 0.4) is 0 Å². The van der Waals surface area contributed by atoms with E-state index in [1.807, 2.05) is 13.8 Å². The Bertz CT molecular complexity index is 338. The number of methoxy groups -OCH3 is 1. The topological polar surface area (TPSA) is 41.6 Å². The van der Waals surface area contributed by atoms with E-state index in [1.165, 1.54) is 45.1 Å². The van der Waals surface area contributed by atoms with Crippen LogP contribution in [-0.4, -0.2) is 50.2 Å². The maximum atomic E-state index is 12.2. The fourth-order valence-corrected chi connectivity index (χ4v) is 3.77. The second-order valence-electron chi connectivity index (χ2n) is 7.47. The molecular weight excluding hydrogens is 264 g/mol. The van der Waals surface area contributed by atoms with Gasteiger partial charge in [0.25, 0.3) is 0 Å². The summed E-state index contributed by atoms with van der Waals surface area (Å²) in [7, 11) is 1.65. The average Bonchev–Trinajstić information content (AvgIpc) is 2.99. The molecule has 1 amide bonds. The summed E-state index contributed by atoms with van der Waals surface area (Å²) in [5.74, 6) is 0.726. The normalized spacial score (nSPS) is 25.2. The number of ether oxygens (including phenoxy) is 1.